The van der Waals surface area contributed by atoms with Gasteiger partial charge in [-0.3, -0.25) is 9.36 Å². The molecule has 236 valence electrons. The average molecular weight is 645 g/mol. The zero-order valence-corrected chi connectivity index (χ0v) is 27.3. The minimum atomic E-state index is -0.111. The molecule has 0 fully saturated rings. The molecule has 2 aromatic rings. The van der Waals surface area contributed by atoms with Crippen molar-refractivity contribution in [2.75, 3.05) is 12.4 Å². The van der Waals surface area contributed by atoms with Crippen molar-refractivity contribution in [1.82, 2.24) is 14.5 Å². The van der Waals surface area contributed by atoms with E-state index in [2.05, 4.69) is 39.9 Å². The first-order valence-corrected chi connectivity index (χ1v) is 17.3. The summed E-state index contributed by atoms with van der Waals surface area (Å²) in [5.74, 6) is 2.15. The molecule has 0 unspecified atom stereocenters. The number of aromatic amines is 1. The SMILES string of the molecule is O=NSCCCCCCCCCCOc1ccc(Cc2nc3c(Cc4ccccc4)[nH]c(C4=CCCC=C4)cn-3c2=O)cc1Cl. The Hall–Kier alpha value is -3.62. The number of nitroso groups, excluding NO2 is 1. The highest BCUT2D eigenvalue weighted by atomic mass is 35.5. The molecule has 9 heteroatoms. The number of H-pyrrole nitrogens is 1. The van der Waals surface area contributed by atoms with Crippen molar-refractivity contribution in [3.05, 3.63) is 121 Å². The highest BCUT2D eigenvalue weighted by Crippen LogP contribution is 2.28. The van der Waals surface area contributed by atoms with Crippen molar-refractivity contribution < 1.29 is 4.74 Å². The number of benzene rings is 2. The molecule has 0 spiro atoms. The zero-order chi connectivity index (χ0) is 31.3. The lowest BCUT2D eigenvalue weighted by Crippen LogP contribution is -2.18. The molecule has 2 heterocycles. The van der Waals surface area contributed by atoms with Crippen LogP contribution < -0.4 is 10.3 Å². The fourth-order valence-corrected chi connectivity index (χ4v) is 6.35. The summed E-state index contributed by atoms with van der Waals surface area (Å²) in [7, 11) is 0. The van der Waals surface area contributed by atoms with Crippen LogP contribution in [0.25, 0.3) is 11.4 Å². The average Bonchev–Trinajstić information content (AvgIpc) is 3.38. The van der Waals surface area contributed by atoms with Crippen LogP contribution in [-0.4, -0.2) is 26.9 Å². The molecule has 2 aromatic carbocycles. The van der Waals surface area contributed by atoms with E-state index in [9.17, 15) is 9.70 Å². The maximum absolute atomic E-state index is 13.6. The molecule has 0 amide bonds. The Kier molecular flexibility index (Phi) is 12.5. The molecule has 3 aliphatic rings. The smallest absolute Gasteiger partial charge is 0.278 e. The Morgan fingerprint density at radius 1 is 0.933 bits per heavy atom. The van der Waals surface area contributed by atoms with Crippen molar-refractivity contribution in [3.8, 4) is 11.6 Å². The summed E-state index contributed by atoms with van der Waals surface area (Å²) in [4.78, 5) is 32.1. The van der Waals surface area contributed by atoms with Crippen LogP contribution in [0.5, 0.6) is 5.75 Å². The first-order chi connectivity index (χ1) is 22.1. The van der Waals surface area contributed by atoms with E-state index < -0.39 is 0 Å². The van der Waals surface area contributed by atoms with Crippen molar-refractivity contribution in [2.45, 2.75) is 77.0 Å². The van der Waals surface area contributed by atoms with Crippen molar-refractivity contribution in [1.29, 1.82) is 0 Å². The van der Waals surface area contributed by atoms with E-state index in [0.29, 0.717) is 41.7 Å². The van der Waals surface area contributed by atoms with Crippen LogP contribution in [0.1, 0.15) is 92.4 Å². The molecular formula is C36H41ClN4O3S. The van der Waals surface area contributed by atoms with E-state index in [1.54, 1.807) is 4.57 Å². The van der Waals surface area contributed by atoms with Crippen LogP contribution in [0, 0.1) is 4.91 Å². The van der Waals surface area contributed by atoms with Crippen LogP contribution in [0.15, 0.2) is 82.3 Å². The highest BCUT2D eigenvalue weighted by molar-refractivity contribution is 7.97. The number of hydrogen-bond donors (Lipinski definition) is 1. The van der Waals surface area contributed by atoms with E-state index in [4.69, 9.17) is 21.3 Å². The molecule has 0 bridgehead atoms. The van der Waals surface area contributed by atoms with Gasteiger partial charge in [0.1, 0.15) is 11.4 Å². The first-order valence-electron chi connectivity index (χ1n) is 16.0. The maximum atomic E-state index is 13.6. The van der Waals surface area contributed by atoms with E-state index in [1.165, 1.54) is 32.1 Å². The number of nitrogens with one attached hydrogen (secondary N) is 1. The number of nitrogens with zero attached hydrogens (tertiary/aromatic N) is 3. The molecule has 0 atom stereocenters. The van der Waals surface area contributed by atoms with Gasteiger partial charge < -0.3 is 9.72 Å². The van der Waals surface area contributed by atoms with Gasteiger partial charge in [-0.1, -0.05) is 105 Å². The molecular weight excluding hydrogens is 604 g/mol. The summed E-state index contributed by atoms with van der Waals surface area (Å²) < 4.78 is 10.5. The van der Waals surface area contributed by atoms with Gasteiger partial charge >= 0.3 is 0 Å². The summed E-state index contributed by atoms with van der Waals surface area (Å²) in [5, 5.41) is 0.545. The van der Waals surface area contributed by atoms with Gasteiger partial charge in [-0.05, 0) is 54.5 Å². The lowest BCUT2D eigenvalue weighted by atomic mass is 10.0. The summed E-state index contributed by atoms with van der Waals surface area (Å²) in [5.41, 5.74) is 5.36. The minimum absolute atomic E-state index is 0.111. The van der Waals surface area contributed by atoms with Crippen LogP contribution in [-0.2, 0) is 12.8 Å². The van der Waals surface area contributed by atoms with E-state index in [-0.39, 0.29) is 5.56 Å². The number of ether oxygens (including phenoxy) is 1. The fraction of sp³-hybridized carbons (Fsp3) is 0.389. The number of aromatic nitrogens is 3. The number of imidazole rings is 1. The van der Waals surface area contributed by atoms with E-state index in [0.717, 1.165) is 77.9 Å². The Morgan fingerprint density at radius 2 is 1.71 bits per heavy atom. The summed E-state index contributed by atoms with van der Waals surface area (Å²) >= 11 is 7.73. The molecule has 7 nitrogen and oxygen atoms in total. The van der Waals surface area contributed by atoms with Gasteiger partial charge in [0.15, 0.2) is 5.82 Å². The van der Waals surface area contributed by atoms with E-state index >= 15 is 0 Å². The topological polar surface area (TPSA) is 89.3 Å². The zero-order valence-electron chi connectivity index (χ0n) is 25.7. The summed E-state index contributed by atoms with van der Waals surface area (Å²) in [6.07, 6.45) is 20.6. The molecule has 45 heavy (non-hydrogen) atoms. The monoisotopic (exact) mass is 644 g/mol. The number of fused-ring (bicyclic) bond motifs is 1. The standard InChI is InChI=1S/C36H41ClN4O3S/c37-30-23-28(19-20-34(30)44-21-13-5-3-1-2-4-6-14-22-45-40-43)25-32-36(42)41-26-33(29-17-11-8-12-18-29)38-31(35(41)39-32)24-27-15-9-7-10-16-27/h7,9-11,15-20,23,26,38H,1-6,8,12-14,21-22,24-25H2. The Bertz CT molecular complexity index is 1630. The largest absolute Gasteiger partial charge is 0.492 e. The fourth-order valence-electron chi connectivity index (χ4n) is 5.69. The number of unbranched alkanes of at least 4 members (excludes halogenated alkanes) is 7. The van der Waals surface area contributed by atoms with Gasteiger partial charge in [-0.2, -0.15) is 0 Å². The second-order valence-corrected chi connectivity index (χ2v) is 12.8. The van der Waals surface area contributed by atoms with Gasteiger partial charge in [-0.15, -0.1) is 4.91 Å². The Morgan fingerprint density at radius 3 is 2.44 bits per heavy atom. The molecule has 0 aromatic heterocycles. The number of hydrogen-bond acceptors (Lipinski definition) is 6. The number of halogens is 1. The minimum Gasteiger partial charge on any atom is -0.492 e. The van der Waals surface area contributed by atoms with Crippen LogP contribution in [0.3, 0.4) is 0 Å². The third kappa shape index (κ3) is 9.44. The first kappa shape index (κ1) is 32.8. The predicted molar refractivity (Wildman–Crippen MR) is 186 cm³/mol. The van der Waals surface area contributed by atoms with Gasteiger partial charge in [-0.25, -0.2) is 4.98 Å². The molecule has 1 N–H and O–H groups in total. The number of allylic oxidation sites excluding steroid dienone is 4. The lowest BCUT2D eigenvalue weighted by Gasteiger charge is -2.15. The Labute approximate surface area is 274 Å². The van der Waals surface area contributed by atoms with Crippen LogP contribution in [0.2, 0.25) is 5.02 Å². The van der Waals surface area contributed by atoms with Crippen molar-refractivity contribution in [2.24, 2.45) is 4.58 Å². The molecule has 2 aliphatic heterocycles. The van der Waals surface area contributed by atoms with Gasteiger partial charge in [0.05, 0.1) is 23.0 Å². The van der Waals surface area contributed by atoms with Gasteiger partial charge in [0, 0.05) is 41.3 Å². The maximum Gasteiger partial charge on any atom is 0.278 e. The predicted octanol–water partition coefficient (Wildman–Crippen LogP) is 9.48. The normalized spacial score (nSPS) is 12.9. The molecule has 0 saturated carbocycles. The van der Waals surface area contributed by atoms with E-state index in [1.807, 2.05) is 42.6 Å². The van der Waals surface area contributed by atoms with Gasteiger partial charge in [0.25, 0.3) is 5.56 Å². The second kappa shape index (κ2) is 17.2. The summed E-state index contributed by atoms with van der Waals surface area (Å²) in [6, 6.07) is 16.0. The third-order valence-electron chi connectivity index (χ3n) is 8.09. The van der Waals surface area contributed by atoms with Gasteiger partial charge in [0.2, 0.25) is 0 Å². The quantitative estimate of drug-likeness (QED) is 0.0662. The second-order valence-electron chi connectivity index (χ2n) is 11.5. The van der Waals surface area contributed by atoms with Crippen molar-refractivity contribution in [3.63, 3.8) is 0 Å². The molecule has 0 radical (unpaired) electrons. The van der Waals surface area contributed by atoms with Crippen LogP contribution >= 0.6 is 23.5 Å². The highest BCUT2D eigenvalue weighted by Gasteiger charge is 2.21. The Balaban J connectivity index is 1.19. The molecule has 5 rings (SSSR count). The number of rotatable bonds is 18. The van der Waals surface area contributed by atoms with Crippen LogP contribution in [0.4, 0.5) is 0 Å². The third-order valence-corrected chi connectivity index (χ3v) is 8.96. The molecule has 1 aliphatic carbocycles. The molecule has 0 saturated heterocycles. The van der Waals surface area contributed by atoms with Crippen molar-refractivity contribution >= 4 is 29.1 Å². The summed E-state index contributed by atoms with van der Waals surface area (Å²) in [6.45, 7) is 0.626. The lowest BCUT2D eigenvalue weighted by molar-refractivity contribution is 0.304.